The lowest BCUT2D eigenvalue weighted by molar-refractivity contribution is 0.0990. The maximum atomic E-state index is 10.9. The van der Waals surface area contributed by atoms with Gasteiger partial charge in [-0.05, 0) is 31.0 Å². The Labute approximate surface area is 113 Å². The molecule has 4 nitrogen and oxygen atoms in total. The summed E-state index contributed by atoms with van der Waals surface area (Å²) in [5.41, 5.74) is 5.76. The zero-order chi connectivity index (χ0) is 14.1. The van der Waals surface area contributed by atoms with E-state index in [9.17, 15) is 9.59 Å². The number of nitrogens with two attached hydrogens (primary N) is 1. The summed E-state index contributed by atoms with van der Waals surface area (Å²) in [5, 5.41) is 0. The van der Waals surface area contributed by atoms with Crippen LogP contribution in [-0.2, 0) is 0 Å². The van der Waals surface area contributed by atoms with Crippen LogP contribution >= 0.6 is 0 Å². The standard InChI is InChI=1S/C9H8N2O2.C6H12/c1-11-9(13)7-4-2-6(3-5-7)8(10)12;1-2-4-6-5-3-1/h2-5H,1H2,(H2,10,12);1-6H2. The minimum Gasteiger partial charge on any atom is -0.366 e. The highest BCUT2D eigenvalue weighted by Crippen LogP contribution is 2.15. The van der Waals surface area contributed by atoms with Crippen LogP contribution < -0.4 is 5.73 Å². The number of hydrogen-bond acceptors (Lipinski definition) is 2. The van der Waals surface area contributed by atoms with E-state index >= 15 is 0 Å². The van der Waals surface area contributed by atoms with E-state index in [0.717, 1.165) is 0 Å². The van der Waals surface area contributed by atoms with Gasteiger partial charge in [-0.15, -0.1) is 0 Å². The van der Waals surface area contributed by atoms with Crippen molar-refractivity contribution in [3.8, 4) is 0 Å². The zero-order valence-electron chi connectivity index (χ0n) is 11.1. The van der Waals surface area contributed by atoms with Crippen LogP contribution in [0, 0.1) is 0 Å². The molecule has 0 radical (unpaired) electrons. The molecule has 1 saturated carbocycles. The van der Waals surface area contributed by atoms with Gasteiger partial charge in [-0.1, -0.05) is 38.5 Å². The van der Waals surface area contributed by atoms with E-state index in [4.69, 9.17) is 5.73 Å². The molecule has 1 aliphatic carbocycles. The molecular weight excluding hydrogens is 240 g/mol. The lowest BCUT2D eigenvalue weighted by Crippen LogP contribution is -2.10. The molecule has 0 saturated heterocycles. The van der Waals surface area contributed by atoms with Crippen molar-refractivity contribution in [1.82, 2.24) is 0 Å². The SMILES string of the molecule is C1CCCCC1.C=NC(=O)c1ccc(C(N)=O)cc1. The number of carbonyl (C=O) groups is 2. The van der Waals surface area contributed by atoms with Gasteiger partial charge in [0.05, 0.1) is 0 Å². The minimum atomic E-state index is -0.523. The average Bonchev–Trinajstić information content (AvgIpc) is 2.49. The molecule has 0 unspecified atom stereocenters. The van der Waals surface area contributed by atoms with Crippen molar-refractivity contribution in [3.05, 3.63) is 35.4 Å². The smallest absolute Gasteiger partial charge is 0.276 e. The Kier molecular flexibility index (Phi) is 6.50. The Hall–Kier alpha value is -1.97. The molecule has 4 heteroatoms. The number of aliphatic imine (C=N–C) groups is 1. The highest BCUT2D eigenvalue weighted by molar-refractivity contribution is 5.98. The van der Waals surface area contributed by atoms with Gasteiger partial charge in [0.25, 0.3) is 5.91 Å². The van der Waals surface area contributed by atoms with Gasteiger partial charge in [-0.2, -0.15) is 0 Å². The molecule has 2 N–H and O–H groups in total. The summed E-state index contributed by atoms with van der Waals surface area (Å²) in [6, 6.07) is 5.91. The highest BCUT2D eigenvalue weighted by Gasteiger charge is 2.03. The van der Waals surface area contributed by atoms with Gasteiger partial charge in [0, 0.05) is 11.1 Å². The second-order valence-corrected chi connectivity index (χ2v) is 4.53. The number of amides is 2. The third-order valence-corrected chi connectivity index (χ3v) is 3.06. The molecule has 1 aromatic carbocycles. The van der Waals surface area contributed by atoms with Gasteiger partial charge >= 0.3 is 0 Å². The van der Waals surface area contributed by atoms with Crippen molar-refractivity contribution < 1.29 is 9.59 Å². The predicted octanol–water partition coefficient (Wildman–Crippen LogP) is 2.97. The summed E-state index contributed by atoms with van der Waals surface area (Å²) in [4.78, 5) is 24.8. The van der Waals surface area contributed by atoms with Crippen molar-refractivity contribution in [3.63, 3.8) is 0 Å². The van der Waals surface area contributed by atoms with Crippen LogP contribution in [0.4, 0.5) is 0 Å². The van der Waals surface area contributed by atoms with Crippen molar-refractivity contribution in [2.75, 3.05) is 0 Å². The van der Waals surface area contributed by atoms with E-state index < -0.39 is 11.8 Å². The third-order valence-electron chi connectivity index (χ3n) is 3.06. The number of benzene rings is 1. The number of hydrogen-bond donors (Lipinski definition) is 1. The molecule has 1 aromatic rings. The van der Waals surface area contributed by atoms with E-state index in [0.29, 0.717) is 11.1 Å². The summed E-state index contributed by atoms with van der Waals surface area (Å²) < 4.78 is 0. The Balaban J connectivity index is 0.000000250. The molecule has 0 heterocycles. The first kappa shape index (κ1) is 15.1. The maximum absolute atomic E-state index is 10.9. The second kappa shape index (κ2) is 8.19. The first-order valence-electron chi connectivity index (χ1n) is 6.56. The molecule has 102 valence electrons. The Morgan fingerprint density at radius 2 is 1.26 bits per heavy atom. The highest BCUT2D eigenvalue weighted by atomic mass is 16.1. The summed E-state index contributed by atoms with van der Waals surface area (Å²) in [6.07, 6.45) is 9.00. The summed E-state index contributed by atoms with van der Waals surface area (Å²) in [5.74, 6) is -0.943. The van der Waals surface area contributed by atoms with E-state index in [1.165, 1.54) is 62.8 Å². The normalized spacial score (nSPS) is 13.9. The van der Waals surface area contributed by atoms with E-state index in [1.54, 1.807) is 0 Å². The number of carbonyl (C=O) groups excluding carboxylic acids is 2. The van der Waals surface area contributed by atoms with Gasteiger partial charge in [-0.3, -0.25) is 9.59 Å². The predicted molar refractivity (Wildman–Crippen MR) is 76.5 cm³/mol. The van der Waals surface area contributed by atoms with E-state index in [2.05, 4.69) is 11.7 Å². The van der Waals surface area contributed by atoms with E-state index in [-0.39, 0.29) is 0 Å². The lowest BCUT2D eigenvalue weighted by Gasteiger charge is -2.05. The lowest BCUT2D eigenvalue weighted by atomic mass is 10.0. The molecule has 0 aliphatic heterocycles. The summed E-state index contributed by atoms with van der Waals surface area (Å²) >= 11 is 0. The topological polar surface area (TPSA) is 72.5 Å². The Bertz CT molecular complexity index is 422. The summed E-state index contributed by atoms with van der Waals surface area (Å²) in [7, 11) is 0. The number of primary amides is 1. The van der Waals surface area contributed by atoms with Crippen molar-refractivity contribution in [2.45, 2.75) is 38.5 Å². The Morgan fingerprint density at radius 3 is 1.58 bits per heavy atom. The van der Waals surface area contributed by atoms with Crippen LogP contribution in [0.5, 0.6) is 0 Å². The molecule has 0 spiro atoms. The van der Waals surface area contributed by atoms with Crippen LogP contribution in [-0.4, -0.2) is 18.5 Å². The molecule has 1 aliphatic rings. The van der Waals surface area contributed by atoms with Gasteiger partial charge in [0.2, 0.25) is 5.91 Å². The third kappa shape index (κ3) is 5.46. The molecule has 0 atom stereocenters. The molecule has 1 fully saturated rings. The van der Waals surface area contributed by atoms with Crippen LogP contribution in [0.3, 0.4) is 0 Å². The van der Waals surface area contributed by atoms with Crippen molar-refractivity contribution >= 4 is 18.5 Å². The molecule has 19 heavy (non-hydrogen) atoms. The molecule has 0 aromatic heterocycles. The van der Waals surface area contributed by atoms with Crippen LogP contribution in [0.25, 0.3) is 0 Å². The monoisotopic (exact) mass is 260 g/mol. The van der Waals surface area contributed by atoms with Crippen molar-refractivity contribution in [1.29, 1.82) is 0 Å². The number of rotatable bonds is 2. The van der Waals surface area contributed by atoms with Crippen molar-refractivity contribution in [2.24, 2.45) is 10.7 Å². The molecule has 0 bridgehead atoms. The van der Waals surface area contributed by atoms with Gasteiger partial charge in [0.15, 0.2) is 0 Å². The molecule has 2 rings (SSSR count). The molecule has 2 amide bonds. The van der Waals surface area contributed by atoms with Crippen LogP contribution in [0.1, 0.15) is 59.2 Å². The van der Waals surface area contributed by atoms with Gasteiger partial charge < -0.3 is 5.73 Å². The summed E-state index contributed by atoms with van der Waals surface area (Å²) in [6.45, 7) is 3.10. The number of nitrogens with zero attached hydrogens (tertiary/aromatic N) is 1. The van der Waals surface area contributed by atoms with Gasteiger partial charge in [-0.25, -0.2) is 4.99 Å². The first-order chi connectivity index (χ1) is 9.15. The first-order valence-corrected chi connectivity index (χ1v) is 6.56. The second-order valence-electron chi connectivity index (χ2n) is 4.53. The quantitative estimate of drug-likeness (QED) is 0.830. The largest absolute Gasteiger partial charge is 0.366 e. The van der Waals surface area contributed by atoms with Crippen LogP contribution in [0.15, 0.2) is 29.3 Å². The van der Waals surface area contributed by atoms with Crippen LogP contribution in [0.2, 0.25) is 0 Å². The van der Waals surface area contributed by atoms with Gasteiger partial charge in [0.1, 0.15) is 0 Å². The van der Waals surface area contributed by atoms with E-state index in [1.807, 2.05) is 0 Å². The minimum absolute atomic E-state index is 0.362. The fraction of sp³-hybridized carbons (Fsp3) is 0.400. The fourth-order valence-corrected chi connectivity index (χ4v) is 1.93. The maximum Gasteiger partial charge on any atom is 0.276 e. The zero-order valence-corrected chi connectivity index (χ0v) is 11.1. The molecular formula is C15H20N2O2. The average molecular weight is 260 g/mol. The Morgan fingerprint density at radius 1 is 0.895 bits per heavy atom. The fourth-order valence-electron chi connectivity index (χ4n) is 1.93.